The molecule has 1 atom stereocenters. The second-order valence-electron chi connectivity index (χ2n) is 20.6. The SMILES string of the molecule is CC/C=C\C/C=C\C/C=C\C/C=C\C/C=C\C/C=C\CCCCCCCCCCCCCCCCC(=O)OCC(COC(=O)CCCCCCCC)OC(=O)CCCCCCCCCCCCCCCCC. The fourth-order valence-electron chi connectivity index (χ4n) is 8.86. The van der Waals surface area contributed by atoms with Gasteiger partial charge in [0.05, 0.1) is 0 Å². The molecule has 0 aromatic rings. The summed E-state index contributed by atoms with van der Waals surface area (Å²) in [6.07, 6.45) is 78.0. The quantitative estimate of drug-likeness (QED) is 0.0261. The first-order valence-corrected chi connectivity index (χ1v) is 30.9. The molecule has 0 bridgehead atoms. The normalized spacial score (nSPS) is 12.5. The summed E-state index contributed by atoms with van der Waals surface area (Å²) in [5.41, 5.74) is 0. The van der Waals surface area contributed by atoms with Crippen molar-refractivity contribution in [3.63, 3.8) is 0 Å². The molecule has 72 heavy (non-hydrogen) atoms. The van der Waals surface area contributed by atoms with Crippen LogP contribution in [0.15, 0.2) is 72.9 Å². The van der Waals surface area contributed by atoms with E-state index in [9.17, 15) is 14.4 Å². The van der Waals surface area contributed by atoms with Crippen molar-refractivity contribution in [3.05, 3.63) is 72.9 Å². The molecule has 0 spiro atoms. The third kappa shape index (κ3) is 57.7. The Kier molecular flexibility index (Phi) is 57.8. The molecule has 0 radical (unpaired) electrons. The number of rotatable bonds is 56. The molecule has 0 aromatic heterocycles. The van der Waals surface area contributed by atoms with Gasteiger partial charge in [-0.25, -0.2) is 0 Å². The van der Waals surface area contributed by atoms with Crippen LogP contribution in [0.25, 0.3) is 0 Å². The third-order valence-corrected chi connectivity index (χ3v) is 13.5. The van der Waals surface area contributed by atoms with E-state index >= 15 is 0 Å². The monoisotopic (exact) mass is 1000 g/mol. The number of hydrogen-bond donors (Lipinski definition) is 0. The molecule has 0 aliphatic heterocycles. The van der Waals surface area contributed by atoms with Crippen LogP contribution in [0, 0.1) is 0 Å². The van der Waals surface area contributed by atoms with Crippen LogP contribution in [0.2, 0.25) is 0 Å². The average Bonchev–Trinajstić information content (AvgIpc) is 3.38. The van der Waals surface area contributed by atoms with Gasteiger partial charge in [0.25, 0.3) is 0 Å². The molecule has 0 aliphatic rings. The lowest BCUT2D eigenvalue weighted by Crippen LogP contribution is -2.30. The summed E-state index contributed by atoms with van der Waals surface area (Å²) in [6.45, 7) is 6.50. The Labute approximate surface area is 446 Å². The summed E-state index contributed by atoms with van der Waals surface area (Å²) < 4.78 is 16.8. The van der Waals surface area contributed by atoms with Gasteiger partial charge in [-0.2, -0.15) is 0 Å². The van der Waals surface area contributed by atoms with E-state index in [4.69, 9.17) is 14.2 Å². The summed E-state index contributed by atoms with van der Waals surface area (Å²) >= 11 is 0. The van der Waals surface area contributed by atoms with E-state index in [2.05, 4.69) is 93.7 Å². The molecule has 6 nitrogen and oxygen atoms in total. The highest BCUT2D eigenvalue weighted by molar-refractivity contribution is 5.71. The van der Waals surface area contributed by atoms with Gasteiger partial charge >= 0.3 is 17.9 Å². The fraction of sp³-hybridized carbons (Fsp3) is 0.773. The van der Waals surface area contributed by atoms with Gasteiger partial charge in [-0.05, 0) is 70.6 Å². The van der Waals surface area contributed by atoms with Gasteiger partial charge in [-0.1, -0.05) is 293 Å². The maximum Gasteiger partial charge on any atom is 0.306 e. The number of unbranched alkanes of at least 4 members (excludes halogenated alkanes) is 33. The highest BCUT2D eigenvalue weighted by Crippen LogP contribution is 2.17. The molecule has 0 fully saturated rings. The lowest BCUT2D eigenvalue weighted by Gasteiger charge is -2.18. The molecule has 0 aliphatic carbocycles. The molecule has 0 N–H and O–H groups in total. The van der Waals surface area contributed by atoms with Crippen molar-refractivity contribution in [2.45, 2.75) is 316 Å². The van der Waals surface area contributed by atoms with Crippen LogP contribution in [0.4, 0.5) is 0 Å². The van der Waals surface area contributed by atoms with E-state index < -0.39 is 6.10 Å². The second kappa shape index (κ2) is 60.4. The van der Waals surface area contributed by atoms with Crippen molar-refractivity contribution in [1.29, 1.82) is 0 Å². The summed E-state index contributed by atoms with van der Waals surface area (Å²) in [5, 5.41) is 0. The largest absolute Gasteiger partial charge is 0.462 e. The Balaban J connectivity index is 3.99. The minimum Gasteiger partial charge on any atom is -0.462 e. The molecule has 0 saturated heterocycles. The molecule has 6 heteroatoms. The first kappa shape index (κ1) is 68.8. The second-order valence-corrected chi connectivity index (χ2v) is 20.6. The zero-order valence-corrected chi connectivity index (χ0v) is 47.7. The van der Waals surface area contributed by atoms with Crippen molar-refractivity contribution in [1.82, 2.24) is 0 Å². The summed E-state index contributed by atoms with van der Waals surface area (Å²) in [4.78, 5) is 37.9. The number of allylic oxidation sites excluding steroid dienone is 12. The van der Waals surface area contributed by atoms with Crippen LogP contribution >= 0.6 is 0 Å². The predicted octanol–water partition coefficient (Wildman–Crippen LogP) is 20.9. The molecule has 416 valence electrons. The number of hydrogen-bond acceptors (Lipinski definition) is 6. The van der Waals surface area contributed by atoms with Gasteiger partial charge in [0.2, 0.25) is 0 Å². The number of carbonyl (C=O) groups is 3. The van der Waals surface area contributed by atoms with Crippen LogP contribution in [0.3, 0.4) is 0 Å². The summed E-state index contributed by atoms with van der Waals surface area (Å²) in [5.74, 6) is -0.867. The molecule has 0 aromatic carbocycles. The van der Waals surface area contributed by atoms with Gasteiger partial charge in [-0.15, -0.1) is 0 Å². The van der Waals surface area contributed by atoms with E-state index in [1.54, 1.807) is 0 Å². The maximum absolute atomic E-state index is 12.8. The van der Waals surface area contributed by atoms with E-state index in [1.165, 1.54) is 173 Å². The number of ether oxygens (including phenoxy) is 3. The third-order valence-electron chi connectivity index (χ3n) is 13.5. The van der Waals surface area contributed by atoms with Gasteiger partial charge in [0.1, 0.15) is 13.2 Å². The van der Waals surface area contributed by atoms with Crippen LogP contribution in [-0.4, -0.2) is 37.2 Å². The number of esters is 3. The van der Waals surface area contributed by atoms with Crippen molar-refractivity contribution in [2.75, 3.05) is 13.2 Å². The minimum atomic E-state index is -0.768. The fourth-order valence-corrected chi connectivity index (χ4v) is 8.86. The van der Waals surface area contributed by atoms with Crippen LogP contribution in [-0.2, 0) is 28.6 Å². The first-order chi connectivity index (χ1) is 35.5. The van der Waals surface area contributed by atoms with Crippen molar-refractivity contribution in [2.24, 2.45) is 0 Å². The van der Waals surface area contributed by atoms with E-state index in [1.807, 2.05) is 0 Å². The van der Waals surface area contributed by atoms with E-state index in [0.29, 0.717) is 19.3 Å². The van der Waals surface area contributed by atoms with Gasteiger partial charge < -0.3 is 14.2 Å². The standard InChI is InChI=1S/C66H116O6/c1-4-7-10-13-16-18-20-22-24-25-26-27-28-29-30-31-32-33-34-35-36-37-38-39-40-41-43-44-46-48-50-53-56-59-65(68)71-62-63(61-70-64(67)58-55-52-15-12-9-6-3)72-66(69)60-57-54-51-49-47-45-42-23-21-19-17-14-11-8-5-2/h7,10,16,18,22,24,26-27,29-30,32-33,63H,4-6,8-9,11-15,17,19-21,23,25,28,31,34-62H2,1-3H3/b10-7-,18-16-,24-22-,27-26-,30-29-,33-32-. The van der Waals surface area contributed by atoms with Gasteiger partial charge in [-0.3, -0.25) is 14.4 Å². The highest BCUT2D eigenvalue weighted by Gasteiger charge is 2.19. The molecule has 1 unspecified atom stereocenters. The van der Waals surface area contributed by atoms with Crippen LogP contribution in [0.5, 0.6) is 0 Å². The molecule has 0 rings (SSSR count). The van der Waals surface area contributed by atoms with Crippen LogP contribution in [0.1, 0.15) is 310 Å². The molecule has 0 heterocycles. The highest BCUT2D eigenvalue weighted by atomic mass is 16.6. The van der Waals surface area contributed by atoms with E-state index in [0.717, 1.165) is 96.3 Å². The smallest absolute Gasteiger partial charge is 0.306 e. The summed E-state index contributed by atoms with van der Waals surface area (Å²) in [7, 11) is 0. The van der Waals surface area contributed by atoms with Crippen molar-refractivity contribution in [3.8, 4) is 0 Å². The lowest BCUT2D eigenvalue weighted by molar-refractivity contribution is -0.167. The average molecular weight is 1010 g/mol. The topological polar surface area (TPSA) is 78.9 Å². The Bertz CT molecular complexity index is 1340. The first-order valence-electron chi connectivity index (χ1n) is 30.9. The zero-order valence-electron chi connectivity index (χ0n) is 47.7. The predicted molar refractivity (Wildman–Crippen MR) is 311 cm³/mol. The van der Waals surface area contributed by atoms with Gasteiger partial charge in [0.15, 0.2) is 6.10 Å². The van der Waals surface area contributed by atoms with Crippen molar-refractivity contribution < 1.29 is 28.6 Å². The Morgan fingerprint density at radius 2 is 0.542 bits per heavy atom. The van der Waals surface area contributed by atoms with E-state index in [-0.39, 0.29) is 31.1 Å². The summed E-state index contributed by atoms with van der Waals surface area (Å²) in [6, 6.07) is 0. The Hall–Kier alpha value is -3.15. The van der Waals surface area contributed by atoms with Crippen LogP contribution < -0.4 is 0 Å². The van der Waals surface area contributed by atoms with Crippen molar-refractivity contribution >= 4 is 17.9 Å². The molecule has 0 amide bonds. The van der Waals surface area contributed by atoms with Gasteiger partial charge in [0, 0.05) is 19.3 Å². The maximum atomic E-state index is 12.8. The molecular weight excluding hydrogens is 889 g/mol. The Morgan fingerprint density at radius 3 is 0.847 bits per heavy atom. The number of carbonyl (C=O) groups excluding carboxylic acids is 3. The Morgan fingerprint density at radius 1 is 0.292 bits per heavy atom. The molecule has 0 saturated carbocycles. The zero-order chi connectivity index (χ0) is 52.2. The molecular formula is C66H116O6. The lowest BCUT2D eigenvalue weighted by atomic mass is 10.0. The minimum absolute atomic E-state index is 0.0706.